The van der Waals surface area contributed by atoms with E-state index in [0.29, 0.717) is 6.54 Å². The Hall–Kier alpha value is -0.920. The molecule has 0 saturated carbocycles. The third kappa shape index (κ3) is 2.82. The van der Waals surface area contributed by atoms with Gasteiger partial charge < -0.3 is 5.32 Å². The first-order chi connectivity index (χ1) is 8.96. The van der Waals surface area contributed by atoms with Gasteiger partial charge in [-0.25, -0.2) is 8.42 Å². The van der Waals surface area contributed by atoms with Crippen molar-refractivity contribution in [3.8, 4) is 0 Å². The number of rotatable bonds is 4. The molecule has 0 aliphatic carbocycles. The van der Waals surface area contributed by atoms with E-state index in [9.17, 15) is 8.42 Å². The summed E-state index contributed by atoms with van der Waals surface area (Å²) in [5.41, 5.74) is 0. The van der Waals surface area contributed by atoms with E-state index in [1.807, 2.05) is 14.0 Å². The number of nitrogens with one attached hydrogen (secondary N) is 1. The summed E-state index contributed by atoms with van der Waals surface area (Å²) in [5.74, 6) is 0. The van der Waals surface area contributed by atoms with Crippen LogP contribution in [0.15, 0.2) is 17.3 Å². The highest BCUT2D eigenvalue weighted by Gasteiger charge is 2.36. The van der Waals surface area contributed by atoms with Crippen molar-refractivity contribution in [2.24, 2.45) is 7.05 Å². The van der Waals surface area contributed by atoms with E-state index in [1.54, 1.807) is 17.5 Å². The number of hydrogen-bond donors (Lipinski definition) is 1. The zero-order valence-corrected chi connectivity index (χ0v) is 12.5. The van der Waals surface area contributed by atoms with Crippen LogP contribution >= 0.6 is 0 Å². The molecule has 0 radical (unpaired) electrons. The molecule has 1 aromatic rings. The van der Waals surface area contributed by atoms with Crippen LogP contribution < -0.4 is 5.32 Å². The largest absolute Gasteiger partial charge is 0.316 e. The van der Waals surface area contributed by atoms with Crippen molar-refractivity contribution in [3.63, 3.8) is 0 Å². The van der Waals surface area contributed by atoms with Crippen LogP contribution in [0.3, 0.4) is 0 Å². The highest BCUT2D eigenvalue weighted by Crippen LogP contribution is 2.26. The van der Waals surface area contributed by atoms with Gasteiger partial charge in [0.25, 0.3) is 0 Å². The lowest BCUT2D eigenvalue weighted by molar-refractivity contribution is 0.213. The zero-order valence-electron chi connectivity index (χ0n) is 11.7. The number of aryl methyl sites for hydroxylation is 1. The van der Waals surface area contributed by atoms with Crippen LogP contribution in [0.25, 0.3) is 0 Å². The highest BCUT2D eigenvalue weighted by atomic mass is 32.2. The maximum Gasteiger partial charge on any atom is 0.246 e. The average molecular weight is 286 g/mol. The van der Waals surface area contributed by atoms with Crippen molar-refractivity contribution in [1.82, 2.24) is 19.4 Å². The number of sulfonamides is 1. The Morgan fingerprint density at radius 3 is 2.79 bits per heavy atom. The predicted octanol–water partition coefficient (Wildman–Crippen LogP) is 0.571. The maximum absolute atomic E-state index is 12.7. The third-order valence-corrected chi connectivity index (χ3v) is 5.70. The molecule has 6 nitrogen and oxygen atoms in total. The lowest BCUT2D eigenvalue weighted by Gasteiger charge is -2.37. The molecular weight excluding hydrogens is 264 g/mol. The summed E-state index contributed by atoms with van der Waals surface area (Å²) in [6, 6.07) is 0.163. The molecule has 2 unspecified atom stereocenters. The summed E-state index contributed by atoms with van der Waals surface area (Å²) in [6.07, 6.45) is 5.89. The smallest absolute Gasteiger partial charge is 0.246 e. The van der Waals surface area contributed by atoms with Gasteiger partial charge in [-0.1, -0.05) is 6.42 Å². The first-order valence-corrected chi connectivity index (χ1v) is 8.08. The second-order valence-electron chi connectivity index (χ2n) is 5.11. The lowest BCUT2D eigenvalue weighted by atomic mass is 9.99. The molecule has 1 saturated heterocycles. The van der Waals surface area contributed by atoms with Crippen LogP contribution in [0.2, 0.25) is 0 Å². The van der Waals surface area contributed by atoms with Crippen LogP contribution in [0.4, 0.5) is 0 Å². The molecule has 0 aromatic carbocycles. The lowest BCUT2D eigenvalue weighted by Crippen LogP contribution is -2.52. The molecule has 1 N–H and O–H groups in total. The number of hydrogen-bond acceptors (Lipinski definition) is 4. The van der Waals surface area contributed by atoms with Gasteiger partial charge in [-0.05, 0) is 26.8 Å². The fourth-order valence-corrected chi connectivity index (χ4v) is 4.34. The third-order valence-electron chi connectivity index (χ3n) is 3.82. The van der Waals surface area contributed by atoms with Gasteiger partial charge in [-0.3, -0.25) is 4.68 Å². The van der Waals surface area contributed by atoms with Crippen molar-refractivity contribution in [3.05, 3.63) is 12.4 Å². The van der Waals surface area contributed by atoms with Crippen LogP contribution in [-0.2, 0) is 17.1 Å². The molecule has 2 heterocycles. The molecule has 108 valence electrons. The van der Waals surface area contributed by atoms with Crippen molar-refractivity contribution in [2.45, 2.75) is 43.2 Å². The van der Waals surface area contributed by atoms with Crippen LogP contribution in [0.1, 0.15) is 26.2 Å². The molecule has 0 bridgehead atoms. The quantitative estimate of drug-likeness (QED) is 0.879. The fourth-order valence-electron chi connectivity index (χ4n) is 2.59. The first-order valence-electron chi connectivity index (χ1n) is 6.64. The highest BCUT2D eigenvalue weighted by molar-refractivity contribution is 7.89. The molecule has 2 atom stereocenters. The van der Waals surface area contributed by atoms with Gasteiger partial charge in [0.05, 0.1) is 6.20 Å². The summed E-state index contributed by atoms with van der Waals surface area (Å²) in [6.45, 7) is 2.62. The second-order valence-corrected chi connectivity index (χ2v) is 7.00. The maximum atomic E-state index is 12.7. The Balaban J connectivity index is 2.31. The summed E-state index contributed by atoms with van der Waals surface area (Å²) in [4.78, 5) is 0.283. The predicted molar refractivity (Wildman–Crippen MR) is 73.3 cm³/mol. The number of piperidine rings is 1. The minimum absolute atomic E-state index is 0.0176. The molecule has 2 rings (SSSR count). The number of nitrogens with zero attached hydrogens (tertiary/aromatic N) is 3. The van der Waals surface area contributed by atoms with E-state index in [2.05, 4.69) is 10.4 Å². The van der Waals surface area contributed by atoms with Gasteiger partial charge in [0.15, 0.2) is 0 Å². The van der Waals surface area contributed by atoms with Crippen LogP contribution in [0.5, 0.6) is 0 Å². The Labute approximate surface area is 114 Å². The van der Waals surface area contributed by atoms with Gasteiger partial charge in [0.2, 0.25) is 10.0 Å². The Kier molecular flexibility index (Phi) is 4.27. The van der Waals surface area contributed by atoms with E-state index in [4.69, 9.17) is 0 Å². The zero-order chi connectivity index (χ0) is 14.0. The number of likely N-dealkylation sites (N-methyl/N-ethyl adjacent to an activating group) is 1. The molecular formula is C12H22N4O2S. The van der Waals surface area contributed by atoms with Gasteiger partial charge in [-0.15, -0.1) is 0 Å². The van der Waals surface area contributed by atoms with E-state index in [1.165, 1.54) is 10.9 Å². The summed E-state index contributed by atoms with van der Waals surface area (Å²) >= 11 is 0. The average Bonchev–Trinajstić information content (AvgIpc) is 2.85. The Morgan fingerprint density at radius 1 is 1.47 bits per heavy atom. The summed E-state index contributed by atoms with van der Waals surface area (Å²) in [7, 11) is 0.159. The van der Waals surface area contributed by atoms with Crippen LogP contribution in [-0.4, -0.2) is 48.2 Å². The van der Waals surface area contributed by atoms with Crippen molar-refractivity contribution >= 4 is 10.0 Å². The number of aromatic nitrogens is 2. The molecule has 1 aliphatic heterocycles. The fraction of sp³-hybridized carbons (Fsp3) is 0.750. The van der Waals surface area contributed by atoms with Crippen LogP contribution in [0, 0.1) is 0 Å². The van der Waals surface area contributed by atoms with Gasteiger partial charge in [0.1, 0.15) is 4.90 Å². The van der Waals surface area contributed by atoms with E-state index >= 15 is 0 Å². The molecule has 1 fully saturated rings. The summed E-state index contributed by atoms with van der Waals surface area (Å²) in [5, 5.41) is 7.13. The molecule has 1 aliphatic rings. The van der Waals surface area contributed by atoms with E-state index in [0.717, 1.165) is 19.3 Å². The standard InChI is InChI=1S/C12H22N4O2S/c1-10(13-2)12-6-4-5-7-16(12)19(17,18)11-8-14-15(3)9-11/h8-10,12-13H,4-7H2,1-3H3. The van der Waals surface area contributed by atoms with Crippen molar-refractivity contribution < 1.29 is 8.42 Å². The molecule has 1 aromatic heterocycles. The van der Waals surface area contributed by atoms with Gasteiger partial charge in [-0.2, -0.15) is 9.40 Å². The molecule has 0 spiro atoms. The first kappa shape index (κ1) is 14.5. The van der Waals surface area contributed by atoms with Crippen molar-refractivity contribution in [1.29, 1.82) is 0 Å². The van der Waals surface area contributed by atoms with E-state index < -0.39 is 10.0 Å². The second kappa shape index (κ2) is 5.60. The van der Waals surface area contributed by atoms with Crippen molar-refractivity contribution in [2.75, 3.05) is 13.6 Å². The van der Waals surface area contributed by atoms with Gasteiger partial charge in [0, 0.05) is 31.9 Å². The Morgan fingerprint density at radius 2 is 2.21 bits per heavy atom. The minimum Gasteiger partial charge on any atom is -0.316 e. The molecule has 7 heteroatoms. The minimum atomic E-state index is -3.44. The summed E-state index contributed by atoms with van der Waals surface area (Å²) < 4.78 is 28.5. The van der Waals surface area contributed by atoms with Gasteiger partial charge >= 0.3 is 0 Å². The SMILES string of the molecule is CNC(C)C1CCCCN1S(=O)(=O)c1cnn(C)c1. The monoisotopic (exact) mass is 286 g/mol. The Bertz CT molecular complexity index is 526. The normalized spacial score (nSPS) is 23.4. The molecule has 19 heavy (non-hydrogen) atoms. The van der Waals surface area contributed by atoms with E-state index in [-0.39, 0.29) is 17.0 Å². The topological polar surface area (TPSA) is 67.2 Å². The molecule has 0 amide bonds.